The SMILES string of the molecule is Cc1ccc(N2CCC(C(=O)N3CCC(C(=O)NCc4ccc(C)c(F)c4)CC3)C2=O)cc1C. The number of aryl methyl sites for hydroxylation is 3. The van der Waals surface area contributed by atoms with Gasteiger partial charge >= 0.3 is 0 Å². The first-order chi connectivity index (χ1) is 16.2. The van der Waals surface area contributed by atoms with Crippen LogP contribution in [0.5, 0.6) is 0 Å². The zero-order valence-electron chi connectivity index (χ0n) is 20.1. The van der Waals surface area contributed by atoms with Gasteiger partial charge in [0.15, 0.2) is 0 Å². The fourth-order valence-electron chi connectivity index (χ4n) is 4.72. The number of likely N-dealkylation sites (tertiary alicyclic amines) is 1. The molecule has 2 aromatic rings. The Hall–Kier alpha value is -3.22. The van der Waals surface area contributed by atoms with E-state index in [2.05, 4.69) is 5.32 Å². The first kappa shape index (κ1) is 23.9. The van der Waals surface area contributed by atoms with Crippen molar-refractivity contribution in [3.05, 3.63) is 64.5 Å². The van der Waals surface area contributed by atoms with Crippen LogP contribution in [0.1, 0.15) is 41.5 Å². The summed E-state index contributed by atoms with van der Waals surface area (Å²) in [6, 6.07) is 10.9. The van der Waals surface area contributed by atoms with Gasteiger partial charge < -0.3 is 15.1 Å². The number of anilines is 1. The molecule has 1 atom stereocenters. The predicted octanol–water partition coefficient (Wildman–Crippen LogP) is 3.66. The van der Waals surface area contributed by atoms with Gasteiger partial charge in [-0.2, -0.15) is 0 Å². The second kappa shape index (κ2) is 9.95. The molecule has 2 aliphatic heterocycles. The normalized spacial score (nSPS) is 18.9. The summed E-state index contributed by atoms with van der Waals surface area (Å²) in [6.45, 7) is 7.49. The molecule has 3 amide bonds. The van der Waals surface area contributed by atoms with Crippen LogP contribution in [-0.4, -0.2) is 42.3 Å². The van der Waals surface area contributed by atoms with Crippen LogP contribution in [0.15, 0.2) is 36.4 Å². The summed E-state index contributed by atoms with van der Waals surface area (Å²) in [6.07, 6.45) is 1.63. The van der Waals surface area contributed by atoms with Gasteiger partial charge in [-0.1, -0.05) is 18.2 Å². The third-order valence-electron chi connectivity index (χ3n) is 7.19. The van der Waals surface area contributed by atoms with Crippen LogP contribution < -0.4 is 10.2 Å². The van der Waals surface area contributed by atoms with Crippen molar-refractivity contribution >= 4 is 23.4 Å². The average Bonchev–Trinajstić information content (AvgIpc) is 3.22. The van der Waals surface area contributed by atoms with E-state index >= 15 is 0 Å². The quantitative estimate of drug-likeness (QED) is 0.686. The summed E-state index contributed by atoms with van der Waals surface area (Å²) in [4.78, 5) is 42.1. The van der Waals surface area contributed by atoms with Crippen molar-refractivity contribution in [1.82, 2.24) is 10.2 Å². The Morgan fingerprint density at radius 3 is 2.32 bits per heavy atom. The molecule has 6 nitrogen and oxygen atoms in total. The molecule has 0 spiro atoms. The number of hydrogen-bond acceptors (Lipinski definition) is 3. The second-order valence-electron chi connectivity index (χ2n) is 9.50. The lowest BCUT2D eigenvalue weighted by molar-refractivity contribution is -0.142. The molecule has 1 N–H and O–H groups in total. The zero-order chi connectivity index (χ0) is 24.4. The third-order valence-corrected chi connectivity index (χ3v) is 7.19. The Kier molecular flexibility index (Phi) is 7.00. The predicted molar refractivity (Wildman–Crippen MR) is 129 cm³/mol. The van der Waals surface area contributed by atoms with E-state index in [4.69, 9.17) is 0 Å². The molecule has 2 fully saturated rings. The van der Waals surface area contributed by atoms with Crippen molar-refractivity contribution in [3.63, 3.8) is 0 Å². The Morgan fingerprint density at radius 1 is 0.941 bits per heavy atom. The largest absolute Gasteiger partial charge is 0.352 e. The second-order valence-corrected chi connectivity index (χ2v) is 9.50. The summed E-state index contributed by atoms with van der Waals surface area (Å²) in [5, 5.41) is 2.88. The molecule has 34 heavy (non-hydrogen) atoms. The molecule has 0 aromatic heterocycles. The minimum absolute atomic E-state index is 0.0778. The number of nitrogens with one attached hydrogen (secondary N) is 1. The monoisotopic (exact) mass is 465 g/mol. The van der Waals surface area contributed by atoms with E-state index in [1.807, 2.05) is 32.0 Å². The third kappa shape index (κ3) is 4.98. The van der Waals surface area contributed by atoms with Gasteiger partial charge in [-0.3, -0.25) is 14.4 Å². The lowest BCUT2D eigenvalue weighted by Gasteiger charge is -2.32. The Bertz CT molecular complexity index is 1110. The van der Waals surface area contributed by atoms with Crippen LogP contribution in [0.4, 0.5) is 10.1 Å². The highest BCUT2D eigenvalue weighted by atomic mass is 19.1. The summed E-state index contributed by atoms with van der Waals surface area (Å²) < 4.78 is 13.7. The molecule has 2 heterocycles. The summed E-state index contributed by atoms with van der Waals surface area (Å²) in [7, 11) is 0. The van der Waals surface area contributed by atoms with Gasteiger partial charge in [-0.15, -0.1) is 0 Å². The topological polar surface area (TPSA) is 69.7 Å². The van der Waals surface area contributed by atoms with Crippen LogP contribution in [-0.2, 0) is 20.9 Å². The first-order valence-corrected chi connectivity index (χ1v) is 11.9. The van der Waals surface area contributed by atoms with E-state index < -0.39 is 5.92 Å². The highest BCUT2D eigenvalue weighted by Gasteiger charge is 2.40. The van der Waals surface area contributed by atoms with Gasteiger partial charge in [0.2, 0.25) is 17.7 Å². The van der Waals surface area contributed by atoms with Gasteiger partial charge in [-0.05, 0) is 80.5 Å². The molecule has 0 radical (unpaired) electrons. The number of benzene rings is 2. The molecule has 7 heteroatoms. The molecule has 2 aromatic carbocycles. The lowest BCUT2D eigenvalue weighted by atomic mass is 9.94. The molecular weight excluding hydrogens is 433 g/mol. The maximum atomic E-state index is 13.7. The standard InChI is InChI=1S/C27H32FN3O3/c1-17-5-7-22(14-19(17)3)31-13-10-23(27(31)34)26(33)30-11-8-21(9-12-30)25(32)29-16-20-6-4-18(2)24(28)15-20/h4-7,14-15,21,23H,8-13,16H2,1-3H3,(H,29,32). The van der Waals surface area contributed by atoms with Crippen LogP contribution >= 0.6 is 0 Å². The molecule has 180 valence electrons. The highest BCUT2D eigenvalue weighted by molar-refractivity contribution is 6.09. The summed E-state index contributed by atoms with van der Waals surface area (Å²) in [5.41, 5.74) is 4.42. The number of hydrogen-bond donors (Lipinski definition) is 1. The van der Waals surface area contributed by atoms with Crippen LogP contribution in [0.2, 0.25) is 0 Å². The van der Waals surface area contributed by atoms with Crippen molar-refractivity contribution in [1.29, 1.82) is 0 Å². The lowest BCUT2D eigenvalue weighted by Crippen LogP contribution is -2.46. The smallest absolute Gasteiger partial charge is 0.239 e. The number of carbonyl (C=O) groups excluding carboxylic acids is 3. The van der Waals surface area contributed by atoms with Crippen molar-refractivity contribution in [2.24, 2.45) is 11.8 Å². The van der Waals surface area contributed by atoms with Gasteiger partial charge in [0.1, 0.15) is 11.7 Å². The van der Waals surface area contributed by atoms with Crippen molar-refractivity contribution in [2.75, 3.05) is 24.5 Å². The molecule has 1 unspecified atom stereocenters. The molecular formula is C27H32FN3O3. The maximum Gasteiger partial charge on any atom is 0.239 e. The van der Waals surface area contributed by atoms with Gasteiger partial charge in [-0.25, -0.2) is 4.39 Å². The average molecular weight is 466 g/mol. The Morgan fingerprint density at radius 2 is 1.65 bits per heavy atom. The van der Waals surface area contributed by atoms with Crippen molar-refractivity contribution in [3.8, 4) is 0 Å². The van der Waals surface area contributed by atoms with Crippen LogP contribution in [0.3, 0.4) is 0 Å². The summed E-state index contributed by atoms with van der Waals surface area (Å²) >= 11 is 0. The molecule has 0 bridgehead atoms. The van der Waals surface area contributed by atoms with Gasteiger partial charge in [0.05, 0.1) is 0 Å². The Labute approximate surface area is 200 Å². The zero-order valence-corrected chi connectivity index (χ0v) is 20.1. The van der Waals surface area contributed by atoms with E-state index in [-0.39, 0.29) is 36.0 Å². The van der Waals surface area contributed by atoms with E-state index in [1.165, 1.54) is 11.6 Å². The number of amides is 3. The number of rotatable bonds is 5. The van der Waals surface area contributed by atoms with Crippen LogP contribution in [0, 0.1) is 38.4 Å². The Balaban J connectivity index is 1.28. The van der Waals surface area contributed by atoms with E-state index in [1.54, 1.807) is 28.9 Å². The van der Waals surface area contributed by atoms with Gasteiger partial charge in [0.25, 0.3) is 0 Å². The number of piperidine rings is 1. The minimum atomic E-state index is -0.650. The van der Waals surface area contributed by atoms with Gasteiger partial charge in [0, 0.05) is 37.8 Å². The molecule has 0 aliphatic carbocycles. The number of nitrogens with zero attached hydrogens (tertiary/aromatic N) is 2. The molecule has 4 rings (SSSR count). The fourth-order valence-corrected chi connectivity index (χ4v) is 4.72. The minimum Gasteiger partial charge on any atom is -0.352 e. The van der Waals surface area contributed by atoms with E-state index in [0.717, 1.165) is 16.8 Å². The first-order valence-electron chi connectivity index (χ1n) is 11.9. The van der Waals surface area contributed by atoms with E-state index in [9.17, 15) is 18.8 Å². The van der Waals surface area contributed by atoms with E-state index in [0.29, 0.717) is 44.5 Å². The molecule has 2 aliphatic rings. The number of halogens is 1. The summed E-state index contributed by atoms with van der Waals surface area (Å²) in [5.74, 6) is -1.47. The van der Waals surface area contributed by atoms with Crippen LogP contribution in [0.25, 0.3) is 0 Å². The molecule has 0 saturated carbocycles. The highest BCUT2D eigenvalue weighted by Crippen LogP contribution is 2.29. The number of carbonyl (C=O) groups is 3. The van der Waals surface area contributed by atoms with Crippen molar-refractivity contribution in [2.45, 2.75) is 46.6 Å². The van der Waals surface area contributed by atoms with Crippen molar-refractivity contribution < 1.29 is 18.8 Å². The molecule has 2 saturated heterocycles. The maximum absolute atomic E-state index is 13.7. The fraction of sp³-hybridized carbons (Fsp3) is 0.444.